The van der Waals surface area contributed by atoms with Crippen LogP contribution in [0.1, 0.15) is 25.5 Å². The fourth-order valence-corrected chi connectivity index (χ4v) is 2.42. The summed E-state index contributed by atoms with van der Waals surface area (Å²) in [5.41, 5.74) is 9.09. The van der Waals surface area contributed by atoms with Crippen LogP contribution in [0.25, 0.3) is 0 Å². The number of nitrogens with two attached hydrogens (primary N) is 1. The minimum Gasteiger partial charge on any atom is -0.341 e. The van der Waals surface area contributed by atoms with E-state index >= 15 is 0 Å². The van der Waals surface area contributed by atoms with Gasteiger partial charge in [-0.3, -0.25) is 0 Å². The van der Waals surface area contributed by atoms with Crippen molar-refractivity contribution in [1.29, 1.82) is 0 Å². The van der Waals surface area contributed by atoms with E-state index in [1.165, 1.54) is 0 Å². The zero-order valence-corrected chi connectivity index (χ0v) is 12.1. The molecule has 1 unspecified atom stereocenters. The highest BCUT2D eigenvalue weighted by molar-refractivity contribution is 6.33. The maximum atomic E-state index is 6.40. The average Bonchev–Trinajstić information content (AvgIpc) is 2.42. The summed E-state index contributed by atoms with van der Waals surface area (Å²) in [6.07, 6.45) is 0. The molecule has 2 rings (SSSR count). The van der Waals surface area contributed by atoms with Crippen LogP contribution in [-0.2, 0) is 0 Å². The first-order chi connectivity index (χ1) is 9.13. The van der Waals surface area contributed by atoms with Crippen LogP contribution < -0.4 is 10.6 Å². The Kier molecular flexibility index (Phi) is 4.46. The maximum absolute atomic E-state index is 6.40. The normalized spacial score (nSPS) is 12.2. The van der Waals surface area contributed by atoms with E-state index in [2.05, 4.69) is 24.0 Å². The first-order valence-electron chi connectivity index (χ1n) is 6.51. The fraction of sp³-hybridized carbons (Fsp3) is 0.250. The molecule has 2 nitrogen and oxygen atoms in total. The maximum Gasteiger partial charge on any atom is 0.0646 e. The van der Waals surface area contributed by atoms with Gasteiger partial charge in [0.2, 0.25) is 0 Å². The number of hydrogen-bond acceptors (Lipinski definition) is 2. The summed E-state index contributed by atoms with van der Waals surface area (Å²) in [5, 5.41) is 0.737. The third kappa shape index (κ3) is 3.09. The van der Waals surface area contributed by atoms with Gasteiger partial charge < -0.3 is 10.6 Å². The van der Waals surface area contributed by atoms with Crippen molar-refractivity contribution in [3.8, 4) is 0 Å². The second-order valence-corrected chi connectivity index (χ2v) is 4.99. The molecule has 0 saturated carbocycles. The lowest BCUT2D eigenvalue weighted by atomic mass is 10.1. The topological polar surface area (TPSA) is 29.3 Å². The molecule has 0 amide bonds. The van der Waals surface area contributed by atoms with Gasteiger partial charge in [0.1, 0.15) is 0 Å². The highest BCUT2D eigenvalue weighted by Crippen LogP contribution is 2.33. The zero-order chi connectivity index (χ0) is 13.8. The van der Waals surface area contributed by atoms with Gasteiger partial charge in [-0.2, -0.15) is 0 Å². The molecule has 0 aromatic heterocycles. The van der Waals surface area contributed by atoms with Crippen molar-refractivity contribution in [2.45, 2.75) is 19.9 Å². The molecule has 0 bridgehead atoms. The van der Waals surface area contributed by atoms with Gasteiger partial charge in [-0.25, -0.2) is 0 Å². The Morgan fingerprint density at radius 2 is 1.84 bits per heavy atom. The van der Waals surface area contributed by atoms with Crippen molar-refractivity contribution in [2.75, 3.05) is 11.4 Å². The largest absolute Gasteiger partial charge is 0.341 e. The lowest BCUT2D eigenvalue weighted by Crippen LogP contribution is -2.16. The van der Waals surface area contributed by atoms with Gasteiger partial charge in [-0.15, -0.1) is 0 Å². The highest BCUT2D eigenvalue weighted by Gasteiger charge is 2.12. The van der Waals surface area contributed by atoms with Gasteiger partial charge in [0.15, 0.2) is 0 Å². The second-order valence-electron chi connectivity index (χ2n) is 4.58. The molecular weight excluding hydrogens is 256 g/mol. The van der Waals surface area contributed by atoms with Crippen molar-refractivity contribution in [3.63, 3.8) is 0 Å². The van der Waals surface area contributed by atoms with Gasteiger partial charge in [0.25, 0.3) is 0 Å². The second kappa shape index (κ2) is 6.09. The van der Waals surface area contributed by atoms with E-state index in [9.17, 15) is 0 Å². The summed E-state index contributed by atoms with van der Waals surface area (Å²) in [5.74, 6) is 0. The van der Waals surface area contributed by atoms with Crippen molar-refractivity contribution in [1.82, 2.24) is 0 Å². The molecule has 2 aromatic rings. The summed E-state index contributed by atoms with van der Waals surface area (Å²) in [7, 11) is 0. The van der Waals surface area contributed by atoms with Crippen LogP contribution in [0.3, 0.4) is 0 Å². The van der Waals surface area contributed by atoms with Crippen molar-refractivity contribution in [2.24, 2.45) is 5.73 Å². The predicted molar refractivity (Wildman–Crippen MR) is 83.2 cm³/mol. The molecular formula is C16H19ClN2. The van der Waals surface area contributed by atoms with E-state index in [1.54, 1.807) is 0 Å². The monoisotopic (exact) mass is 274 g/mol. The average molecular weight is 275 g/mol. The molecule has 100 valence electrons. The summed E-state index contributed by atoms with van der Waals surface area (Å²) < 4.78 is 0. The minimum absolute atomic E-state index is 0.00153. The Morgan fingerprint density at radius 1 is 1.16 bits per heavy atom. The summed E-state index contributed by atoms with van der Waals surface area (Å²) in [4.78, 5) is 2.19. The molecule has 2 N–H and O–H groups in total. The number of benzene rings is 2. The van der Waals surface area contributed by atoms with E-state index in [1.807, 2.05) is 43.3 Å². The Hall–Kier alpha value is -1.51. The number of hydrogen-bond donors (Lipinski definition) is 1. The van der Waals surface area contributed by atoms with Crippen LogP contribution in [0.15, 0.2) is 48.5 Å². The lowest BCUT2D eigenvalue weighted by Gasteiger charge is -2.25. The first kappa shape index (κ1) is 13.9. The number of anilines is 2. The third-order valence-electron chi connectivity index (χ3n) is 3.17. The molecule has 0 aliphatic heterocycles. The van der Waals surface area contributed by atoms with Gasteiger partial charge in [0, 0.05) is 18.3 Å². The van der Waals surface area contributed by atoms with Crippen LogP contribution in [0.5, 0.6) is 0 Å². The SMILES string of the molecule is CCN(c1ccccc1)c1ccc(C(C)N)cc1Cl. The van der Waals surface area contributed by atoms with Gasteiger partial charge >= 0.3 is 0 Å². The quantitative estimate of drug-likeness (QED) is 0.888. The fourth-order valence-electron chi connectivity index (χ4n) is 2.13. The third-order valence-corrected chi connectivity index (χ3v) is 3.48. The summed E-state index contributed by atoms with van der Waals surface area (Å²) in [6, 6.07) is 16.3. The standard InChI is InChI=1S/C16H19ClN2/c1-3-19(14-7-5-4-6-8-14)16-10-9-13(12(2)18)11-15(16)17/h4-12H,3,18H2,1-2H3. The van der Waals surface area contributed by atoms with Crippen molar-refractivity contribution < 1.29 is 0 Å². The number of nitrogens with zero attached hydrogens (tertiary/aromatic N) is 1. The first-order valence-corrected chi connectivity index (χ1v) is 6.89. The Balaban J connectivity index is 2.39. The molecule has 1 atom stereocenters. The van der Waals surface area contributed by atoms with Crippen LogP contribution in [0.2, 0.25) is 5.02 Å². The smallest absolute Gasteiger partial charge is 0.0646 e. The minimum atomic E-state index is -0.00153. The van der Waals surface area contributed by atoms with E-state index in [4.69, 9.17) is 17.3 Å². The molecule has 0 aliphatic carbocycles. The number of para-hydroxylation sites is 1. The van der Waals surface area contributed by atoms with Crippen LogP contribution in [-0.4, -0.2) is 6.54 Å². The number of halogens is 1. The molecule has 0 aliphatic rings. The molecule has 2 aromatic carbocycles. The molecule has 0 heterocycles. The zero-order valence-electron chi connectivity index (χ0n) is 11.3. The molecule has 0 spiro atoms. The van der Waals surface area contributed by atoms with Gasteiger partial charge in [0.05, 0.1) is 10.7 Å². The Morgan fingerprint density at radius 3 is 2.37 bits per heavy atom. The van der Waals surface area contributed by atoms with Gasteiger partial charge in [-0.1, -0.05) is 35.9 Å². The molecule has 19 heavy (non-hydrogen) atoms. The van der Waals surface area contributed by atoms with E-state index < -0.39 is 0 Å². The van der Waals surface area contributed by atoms with Crippen molar-refractivity contribution in [3.05, 3.63) is 59.1 Å². The summed E-state index contributed by atoms with van der Waals surface area (Å²) in [6.45, 7) is 4.93. The van der Waals surface area contributed by atoms with Crippen LogP contribution in [0, 0.1) is 0 Å². The van der Waals surface area contributed by atoms with Crippen LogP contribution in [0.4, 0.5) is 11.4 Å². The predicted octanol–water partition coefficient (Wildman–Crippen LogP) is 4.52. The highest BCUT2D eigenvalue weighted by atomic mass is 35.5. The van der Waals surface area contributed by atoms with E-state index in [0.717, 1.165) is 28.5 Å². The van der Waals surface area contributed by atoms with Crippen LogP contribution >= 0.6 is 11.6 Å². The lowest BCUT2D eigenvalue weighted by molar-refractivity contribution is 0.818. The Labute approximate surface area is 119 Å². The molecule has 3 heteroatoms. The van der Waals surface area contributed by atoms with Crippen molar-refractivity contribution >= 4 is 23.0 Å². The number of rotatable bonds is 4. The van der Waals surface area contributed by atoms with E-state index in [-0.39, 0.29) is 6.04 Å². The molecule has 0 radical (unpaired) electrons. The van der Waals surface area contributed by atoms with Gasteiger partial charge in [-0.05, 0) is 43.7 Å². The molecule has 0 saturated heterocycles. The summed E-state index contributed by atoms with van der Waals surface area (Å²) >= 11 is 6.40. The van der Waals surface area contributed by atoms with E-state index in [0.29, 0.717) is 0 Å². The molecule has 0 fully saturated rings. The Bertz CT molecular complexity index is 538.